The van der Waals surface area contributed by atoms with Gasteiger partial charge in [-0.1, -0.05) is 30.9 Å². The molecule has 0 aliphatic heterocycles. The zero-order chi connectivity index (χ0) is 14.0. The van der Waals surface area contributed by atoms with E-state index in [4.69, 9.17) is 16.3 Å². The third-order valence-electron chi connectivity index (χ3n) is 3.84. The maximum Gasteiger partial charge on any atom is 0.314 e. The van der Waals surface area contributed by atoms with Crippen LogP contribution in [0, 0.1) is 5.82 Å². The topological polar surface area (TPSA) is 46.5 Å². The van der Waals surface area contributed by atoms with E-state index in [0.717, 1.165) is 25.3 Å². The highest BCUT2D eigenvalue weighted by atomic mass is 35.5. The first-order valence-corrected chi connectivity index (χ1v) is 6.66. The van der Waals surface area contributed by atoms with E-state index in [1.165, 1.54) is 13.2 Å². The molecule has 1 aromatic carbocycles. The molecule has 2 rings (SSSR count). The van der Waals surface area contributed by atoms with Gasteiger partial charge in [-0.3, -0.25) is 4.79 Å². The summed E-state index contributed by atoms with van der Waals surface area (Å²) < 4.78 is 18.8. The van der Waals surface area contributed by atoms with Crippen LogP contribution in [0.15, 0.2) is 12.1 Å². The molecule has 1 aliphatic rings. The van der Waals surface area contributed by atoms with Gasteiger partial charge in [0.15, 0.2) is 0 Å². The van der Waals surface area contributed by atoms with E-state index in [2.05, 4.69) is 0 Å². The molecule has 1 N–H and O–H groups in total. The molecular formula is C14H16ClFO3. The predicted molar refractivity (Wildman–Crippen MR) is 70.4 cm³/mol. The quantitative estimate of drug-likeness (QED) is 0.920. The molecule has 0 bridgehead atoms. The molecule has 0 amide bonds. The van der Waals surface area contributed by atoms with Crippen LogP contribution in [0.4, 0.5) is 4.39 Å². The van der Waals surface area contributed by atoms with Crippen molar-refractivity contribution in [2.24, 2.45) is 0 Å². The van der Waals surface area contributed by atoms with E-state index in [0.29, 0.717) is 18.4 Å². The second-order valence-corrected chi connectivity index (χ2v) is 5.32. The molecule has 5 heteroatoms. The third-order valence-corrected chi connectivity index (χ3v) is 4.13. The lowest BCUT2D eigenvalue weighted by atomic mass is 9.69. The Morgan fingerprint density at radius 2 is 2.00 bits per heavy atom. The van der Waals surface area contributed by atoms with Gasteiger partial charge in [-0.15, -0.1) is 0 Å². The summed E-state index contributed by atoms with van der Waals surface area (Å²) in [5, 5.41) is 9.74. The maximum atomic E-state index is 13.6. The molecule has 19 heavy (non-hydrogen) atoms. The van der Waals surface area contributed by atoms with Crippen molar-refractivity contribution in [3.8, 4) is 5.75 Å². The normalized spacial score (nSPS) is 18.1. The molecular weight excluding hydrogens is 271 g/mol. The number of benzene rings is 1. The third kappa shape index (κ3) is 2.41. The first kappa shape index (κ1) is 14.1. The van der Waals surface area contributed by atoms with Crippen molar-refractivity contribution < 1.29 is 19.0 Å². The van der Waals surface area contributed by atoms with Crippen molar-refractivity contribution in [1.82, 2.24) is 0 Å². The number of hydrogen-bond donors (Lipinski definition) is 1. The van der Waals surface area contributed by atoms with Gasteiger partial charge in [-0.25, -0.2) is 4.39 Å². The Kier molecular flexibility index (Phi) is 3.99. The van der Waals surface area contributed by atoms with Crippen LogP contribution >= 0.6 is 11.6 Å². The zero-order valence-corrected chi connectivity index (χ0v) is 11.5. The molecule has 0 heterocycles. The minimum Gasteiger partial charge on any atom is -0.495 e. The molecule has 1 fully saturated rings. The lowest BCUT2D eigenvalue weighted by molar-refractivity contribution is -0.145. The fourth-order valence-electron chi connectivity index (χ4n) is 2.88. The second kappa shape index (κ2) is 5.37. The Bertz CT molecular complexity index is 496. The van der Waals surface area contributed by atoms with Gasteiger partial charge in [-0.2, -0.15) is 0 Å². The summed E-state index contributed by atoms with van der Waals surface area (Å²) in [6.45, 7) is 0. The minimum absolute atomic E-state index is 0.115. The highest BCUT2D eigenvalue weighted by Crippen LogP contribution is 2.46. The smallest absolute Gasteiger partial charge is 0.314 e. The van der Waals surface area contributed by atoms with E-state index in [1.807, 2.05) is 0 Å². The predicted octanol–water partition coefficient (Wildman–Crippen LogP) is 3.77. The van der Waals surface area contributed by atoms with Crippen molar-refractivity contribution >= 4 is 17.6 Å². The highest BCUT2D eigenvalue weighted by molar-refractivity contribution is 6.32. The largest absolute Gasteiger partial charge is 0.495 e. The number of carboxylic acid groups (broad SMARTS) is 1. The summed E-state index contributed by atoms with van der Waals surface area (Å²) in [5.74, 6) is -1.20. The number of methoxy groups -OCH3 is 1. The van der Waals surface area contributed by atoms with Gasteiger partial charge in [0.2, 0.25) is 0 Å². The molecule has 3 nitrogen and oxygen atoms in total. The van der Waals surface area contributed by atoms with Crippen LogP contribution in [0.1, 0.15) is 37.7 Å². The standard InChI is InChI=1S/C14H16ClFO3/c1-19-12-10(7-9(16)8-11(12)15)14(13(17)18)5-3-2-4-6-14/h7-8H,2-6H2,1H3,(H,17,18). The number of ether oxygens (including phenoxy) is 1. The van der Waals surface area contributed by atoms with Gasteiger partial charge < -0.3 is 9.84 Å². The van der Waals surface area contributed by atoms with Crippen LogP contribution in [-0.2, 0) is 10.2 Å². The number of halogens is 2. The van der Waals surface area contributed by atoms with E-state index < -0.39 is 17.2 Å². The molecule has 1 saturated carbocycles. The lowest BCUT2D eigenvalue weighted by Gasteiger charge is -2.34. The monoisotopic (exact) mass is 286 g/mol. The van der Waals surface area contributed by atoms with Crippen LogP contribution < -0.4 is 4.74 Å². The van der Waals surface area contributed by atoms with Crippen LogP contribution in [0.5, 0.6) is 5.75 Å². The van der Waals surface area contributed by atoms with Crippen LogP contribution in [-0.4, -0.2) is 18.2 Å². The molecule has 0 unspecified atom stereocenters. The molecule has 0 saturated heterocycles. The Labute approximate surface area is 116 Å². The summed E-state index contributed by atoms with van der Waals surface area (Å²) in [7, 11) is 1.42. The fourth-order valence-corrected chi connectivity index (χ4v) is 3.16. The van der Waals surface area contributed by atoms with Gasteiger partial charge in [0.25, 0.3) is 0 Å². The molecule has 0 radical (unpaired) electrons. The Hall–Kier alpha value is -1.29. The van der Waals surface area contributed by atoms with E-state index in [9.17, 15) is 14.3 Å². The zero-order valence-electron chi connectivity index (χ0n) is 10.7. The van der Waals surface area contributed by atoms with Gasteiger partial charge in [0.1, 0.15) is 11.6 Å². The molecule has 1 aromatic rings. The summed E-state index contributed by atoms with van der Waals surface area (Å²) in [4.78, 5) is 11.7. The Morgan fingerprint density at radius 1 is 1.37 bits per heavy atom. The van der Waals surface area contributed by atoms with E-state index >= 15 is 0 Å². The fraction of sp³-hybridized carbons (Fsp3) is 0.500. The van der Waals surface area contributed by atoms with Crippen molar-refractivity contribution in [2.45, 2.75) is 37.5 Å². The molecule has 0 atom stereocenters. The summed E-state index contributed by atoms with van der Waals surface area (Å²) in [6, 6.07) is 2.38. The first-order chi connectivity index (χ1) is 9.01. The summed E-state index contributed by atoms with van der Waals surface area (Å²) >= 11 is 5.96. The van der Waals surface area contributed by atoms with Gasteiger partial charge in [0, 0.05) is 5.56 Å². The maximum absolute atomic E-state index is 13.6. The van der Waals surface area contributed by atoms with Crippen LogP contribution in [0.3, 0.4) is 0 Å². The van der Waals surface area contributed by atoms with Gasteiger partial charge >= 0.3 is 5.97 Å². The molecule has 1 aliphatic carbocycles. The number of aliphatic carboxylic acids is 1. The number of carboxylic acids is 1. The molecule has 0 spiro atoms. The number of rotatable bonds is 3. The highest BCUT2D eigenvalue weighted by Gasteiger charge is 2.44. The Balaban J connectivity index is 2.62. The molecule has 0 aromatic heterocycles. The van der Waals surface area contributed by atoms with Gasteiger partial charge in [0.05, 0.1) is 17.5 Å². The number of hydrogen-bond acceptors (Lipinski definition) is 2. The first-order valence-electron chi connectivity index (χ1n) is 6.28. The Morgan fingerprint density at radius 3 is 2.53 bits per heavy atom. The van der Waals surface area contributed by atoms with E-state index in [-0.39, 0.29) is 10.8 Å². The van der Waals surface area contributed by atoms with Crippen LogP contribution in [0.25, 0.3) is 0 Å². The van der Waals surface area contributed by atoms with Crippen molar-refractivity contribution in [1.29, 1.82) is 0 Å². The summed E-state index contributed by atoms with van der Waals surface area (Å²) in [6.07, 6.45) is 3.59. The lowest BCUT2D eigenvalue weighted by Crippen LogP contribution is -2.38. The minimum atomic E-state index is -1.09. The van der Waals surface area contributed by atoms with Crippen molar-refractivity contribution in [3.05, 3.63) is 28.5 Å². The summed E-state index contributed by atoms with van der Waals surface area (Å²) in [5.41, 5.74) is -0.734. The van der Waals surface area contributed by atoms with Gasteiger partial charge in [-0.05, 0) is 25.0 Å². The average Bonchev–Trinajstić information content (AvgIpc) is 2.38. The SMILES string of the molecule is COc1c(Cl)cc(F)cc1C1(C(=O)O)CCCCC1. The molecule has 104 valence electrons. The van der Waals surface area contributed by atoms with Crippen molar-refractivity contribution in [3.63, 3.8) is 0 Å². The van der Waals surface area contributed by atoms with Crippen molar-refractivity contribution in [2.75, 3.05) is 7.11 Å². The average molecular weight is 287 g/mol. The van der Waals surface area contributed by atoms with E-state index in [1.54, 1.807) is 0 Å². The van der Waals surface area contributed by atoms with Crippen LogP contribution in [0.2, 0.25) is 5.02 Å². The number of carbonyl (C=O) groups is 1. The second-order valence-electron chi connectivity index (χ2n) is 4.92.